The second-order valence-electron chi connectivity index (χ2n) is 6.32. The van der Waals surface area contributed by atoms with Crippen molar-refractivity contribution >= 4 is 5.97 Å². The number of aliphatic carboxylic acids is 1. The maximum atomic E-state index is 11.6. The number of nitriles is 1. The van der Waals surface area contributed by atoms with Gasteiger partial charge in [-0.05, 0) is 50.8 Å². The molecule has 0 aliphatic carbocycles. The summed E-state index contributed by atoms with van der Waals surface area (Å²) in [6.45, 7) is 5.33. The largest absolute Gasteiger partial charge is 0.480 e. The van der Waals surface area contributed by atoms with Crippen molar-refractivity contribution in [1.29, 1.82) is 5.26 Å². The van der Waals surface area contributed by atoms with Crippen molar-refractivity contribution in [3.8, 4) is 6.07 Å². The lowest BCUT2D eigenvalue weighted by Crippen LogP contribution is -2.40. The molecule has 1 aliphatic heterocycles. The number of fused-ring (bicyclic) bond motifs is 1. The van der Waals surface area contributed by atoms with Crippen molar-refractivity contribution in [3.63, 3.8) is 0 Å². The third kappa shape index (κ3) is 3.62. The van der Waals surface area contributed by atoms with Gasteiger partial charge in [0, 0.05) is 6.54 Å². The van der Waals surface area contributed by atoms with Gasteiger partial charge in [0.2, 0.25) is 0 Å². The highest BCUT2D eigenvalue weighted by molar-refractivity contribution is 5.76. The Morgan fingerprint density at radius 3 is 2.86 bits per heavy atom. The summed E-state index contributed by atoms with van der Waals surface area (Å²) in [6, 6.07) is 9.53. The Balaban J connectivity index is 2.07. The Labute approximate surface area is 126 Å². The van der Waals surface area contributed by atoms with Gasteiger partial charge in [-0.15, -0.1) is 0 Å². The highest BCUT2D eigenvalue weighted by Crippen LogP contribution is 2.31. The van der Waals surface area contributed by atoms with E-state index in [1.807, 2.05) is 43.0 Å². The predicted molar refractivity (Wildman–Crippen MR) is 80.7 cm³/mol. The number of carbonyl (C=O) groups is 1. The molecule has 4 heteroatoms. The van der Waals surface area contributed by atoms with E-state index in [4.69, 9.17) is 5.26 Å². The SMILES string of the molecule is CC(C)(C#N)CCCN1CCc2ccccc2C1C(=O)O. The molecular weight excluding hydrogens is 264 g/mol. The Bertz CT molecular complexity index is 560. The second-order valence-corrected chi connectivity index (χ2v) is 6.32. The molecule has 1 heterocycles. The topological polar surface area (TPSA) is 64.3 Å². The molecule has 1 atom stereocenters. The molecule has 1 N–H and O–H groups in total. The average molecular weight is 286 g/mol. The molecule has 1 aromatic rings. The summed E-state index contributed by atoms with van der Waals surface area (Å²) in [5.41, 5.74) is 1.71. The van der Waals surface area contributed by atoms with Crippen molar-refractivity contribution < 1.29 is 9.90 Å². The van der Waals surface area contributed by atoms with Gasteiger partial charge in [-0.25, -0.2) is 0 Å². The summed E-state index contributed by atoms with van der Waals surface area (Å²) in [6.07, 6.45) is 2.52. The quantitative estimate of drug-likeness (QED) is 0.903. The molecule has 0 fully saturated rings. The Kier molecular flexibility index (Phi) is 4.64. The summed E-state index contributed by atoms with van der Waals surface area (Å²) in [7, 11) is 0. The van der Waals surface area contributed by atoms with E-state index in [-0.39, 0.29) is 5.41 Å². The molecule has 1 unspecified atom stereocenters. The van der Waals surface area contributed by atoms with Crippen molar-refractivity contribution in [3.05, 3.63) is 35.4 Å². The van der Waals surface area contributed by atoms with Crippen LogP contribution in [0.25, 0.3) is 0 Å². The van der Waals surface area contributed by atoms with E-state index < -0.39 is 12.0 Å². The Hall–Kier alpha value is -1.86. The van der Waals surface area contributed by atoms with E-state index in [0.717, 1.165) is 43.5 Å². The van der Waals surface area contributed by atoms with Crippen LogP contribution in [0.3, 0.4) is 0 Å². The number of carboxylic acid groups (broad SMARTS) is 1. The van der Waals surface area contributed by atoms with Crippen molar-refractivity contribution in [1.82, 2.24) is 4.90 Å². The van der Waals surface area contributed by atoms with Gasteiger partial charge >= 0.3 is 5.97 Å². The number of hydrogen-bond donors (Lipinski definition) is 1. The molecule has 4 nitrogen and oxygen atoms in total. The minimum Gasteiger partial charge on any atom is -0.480 e. The molecule has 0 radical (unpaired) electrons. The van der Waals surface area contributed by atoms with E-state index in [1.165, 1.54) is 0 Å². The van der Waals surface area contributed by atoms with Crippen LogP contribution in [0.1, 0.15) is 43.9 Å². The molecule has 112 valence electrons. The Morgan fingerprint density at radius 2 is 2.19 bits per heavy atom. The van der Waals surface area contributed by atoms with Crippen LogP contribution in [-0.4, -0.2) is 29.1 Å². The first kappa shape index (κ1) is 15.5. The van der Waals surface area contributed by atoms with Crippen LogP contribution in [0.4, 0.5) is 0 Å². The standard InChI is InChI=1S/C17H22N2O2/c1-17(2,12-18)9-5-10-19-11-8-13-6-3-4-7-14(13)15(19)16(20)21/h3-4,6-7,15H,5,8-11H2,1-2H3,(H,20,21). The molecule has 1 aromatic carbocycles. The third-order valence-electron chi connectivity index (χ3n) is 4.17. The van der Waals surface area contributed by atoms with Gasteiger partial charge in [-0.3, -0.25) is 9.69 Å². The summed E-state index contributed by atoms with van der Waals surface area (Å²) in [5.74, 6) is -0.790. The van der Waals surface area contributed by atoms with Gasteiger partial charge in [-0.2, -0.15) is 5.26 Å². The van der Waals surface area contributed by atoms with Crippen LogP contribution in [0.15, 0.2) is 24.3 Å². The average Bonchev–Trinajstić information content (AvgIpc) is 2.46. The van der Waals surface area contributed by atoms with Crippen LogP contribution >= 0.6 is 0 Å². The van der Waals surface area contributed by atoms with E-state index in [2.05, 4.69) is 6.07 Å². The molecule has 0 saturated carbocycles. The lowest BCUT2D eigenvalue weighted by Gasteiger charge is -2.35. The fourth-order valence-corrected chi connectivity index (χ4v) is 2.93. The summed E-state index contributed by atoms with van der Waals surface area (Å²) >= 11 is 0. The van der Waals surface area contributed by atoms with Crippen LogP contribution in [0.5, 0.6) is 0 Å². The van der Waals surface area contributed by atoms with Crippen molar-refractivity contribution in [2.45, 2.75) is 39.2 Å². The molecule has 0 spiro atoms. The van der Waals surface area contributed by atoms with E-state index >= 15 is 0 Å². The number of hydrogen-bond acceptors (Lipinski definition) is 3. The normalized spacial score (nSPS) is 18.8. The first-order valence-corrected chi connectivity index (χ1v) is 7.40. The molecule has 0 bridgehead atoms. The van der Waals surface area contributed by atoms with Gasteiger partial charge in [0.25, 0.3) is 0 Å². The highest BCUT2D eigenvalue weighted by Gasteiger charge is 2.32. The fraction of sp³-hybridized carbons (Fsp3) is 0.529. The van der Waals surface area contributed by atoms with Crippen LogP contribution < -0.4 is 0 Å². The monoisotopic (exact) mass is 286 g/mol. The first-order valence-electron chi connectivity index (χ1n) is 7.40. The van der Waals surface area contributed by atoms with Crippen LogP contribution in [0.2, 0.25) is 0 Å². The lowest BCUT2D eigenvalue weighted by atomic mass is 9.88. The smallest absolute Gasteiger partial charge is 0.325 e. The third-order valence-corrected chi connectivity index (χ3v) is 4.17. The van der Waals surface area contributed by atoms with Crippen molar-refractivity contribution in [2.24, 2.45) is 5.41 Å². The zero-order chi connectivity index (χ0) is 15.5. The van der Waals surface area contributed by atoms with Gasteiger partial charge < -0.3 is 5.11 Å². The first-order chi connectivity index (χ1) is 9.94. The number of nitrogens with zero attached hydrogens (tertiary/aromatic N) is 2. The van der Waals surface area contributed by atoms with E-state index in [0.29, 0.717) is 0 Å². The van der Waals surface area contributed by atoms with Gasteiger partial charge in [-0.1, -0.05) is 24.3 Å². The van der Waals surface area contributed by atoms with Crippen LogP contribution in [-0.2, 0) is 11.2 Å². The summed E-state index contributed by atoms with van der Waals surface area (Å²) < 4.78 is 0. The summed E-state index contributed by atoms with van der Waals surface area (Å²) in [5, 5.41) is 18.6. The van der Waals surface area contributed by atoms with E-state index in [1.54, 1.807) is 0 Å². The number of carboxylic acids is 1. The number of benzene rings is 1. The molecule has 0 amide bonds. The lowest BCUT2D eigenvalue weighted by molar-refractivity contribution is -0.144. The maximum Gasteiger partial charge on any atom is 0.325 e. The van der Waals surface area contributed by atoms with Gasteiger partial charge in [0.15, 0.2) is 0 Å². The molecule has 21 heavy (non-hydrogen) atoms. The molecular formula is C17H22N2O2. The molecule has 1 aliphatic rings. The second kappa shape index (κ2) is 6.28. The maximum absolute atomic E-state index is 11.6. The molecule has 0 aromatic heterocycles. The zero-order valence-electron chi connectivity index (χ0n) is 12.7. The van der Waals surface area contributed by atoms with Gasteiger partial charge in [0.05, 0.1) is 11.5 Å². The minimum absolute atomic E-state index is 0.341. The predicted octanol–water partition coefficient (Wildman–Crippen LogP) is 3.00. The van der Waals surface area contributed by atoms with Crippen molar-refractivity contribution in [2.75, 3.05) is 13.1 Å². The summed E-state index contributed by atoms with van der Waals surface area (Å²) in [4.78, 5) is 13.7. The fourth-order valence-electron chi connectivity index (χ4n) is 2.93. The van der Waals surface area contributed by atoms with Gasteiger partial charge in [0.1, 0.15) is 6.04 Å². The minimum atomic E-state index is -0.790. The molecule has 0 saturated heterocycles. The van der Waals surface area contributed by atoms with E-state index in [9.17, 15) is 9.90 Å². The van der Waals surface area contributed by atoms with Crippen LogP contribution in [0, 0.1) is 16.7 Å². The Morgan fingerprint density at radius 1 is 1.48 bits per heavy atom. The molecule has 2 rings (SSSR count). The number of rotatable bonds is 5. The zero-order valence-corrected chi connectivity index (χ0v) is 12.7. The highest BCUT2D eigenvalue weighted by atomic mass is 16.4.